The van der Waals surface area contributed by atoms with E-state index >= 15 is 0 Å². The molecule has 2 aliphatic heterocycles. The van der Waals surface area contributed by atoms with Gasteiger partial charge in [-0.15, -0.1) is 11.3 Å². The molecule has 1 spiro atoms. The number of thiophene rings is 1. The monoisotopic (exact) mass is 394 g/mol. The summed E-state index contributed by atoms with van der Waals surface area (Å²) in [6.45, 7) is 1.68. The average molecular weight is 394 g/mol. The van der Waals surface area contributed by atoms with E-state index in [1.54, 1.807) is 0 Å². The molecule has 0 unspecified atom stereocenters. The molecule has 3 heterocycles. The second-order valence-corrected chi connectivity index (χ2v) is 8.76. The molecule has 1 saturated carbocycles. The van der Waals surface area contributed by atoms with Crippen LogP contribution < -0.4 is 5.32 Å². The number of nitrogens with zero attached hydrogens (tertiary/aromatic N) is 1. The van der Waals surface area contributed by atoms with Crippen LogP contribution in [0.4, 0.5) is 0 Å². The van der Waals surface area contributed by atoms with Crippen LogP contribution >= 0.6 is 11.3 Å². The molecule has 7 nitrogen and oxygen atoms in total. The maximum Gasteiger partial charge on any atom is 0.261 e. The molecule has 4 rings (SSSR count). The van der Waals surface area contributed by atoms with Crippen LogP contribution in [0.3, 0.4) is 0 Å². The minimum absolute atomic E-state index is 0.0256. The van der Waals surface area contributed by atoms with E-state index in [-0.39, 0.29) is 36.5 Å². The number of amides is 2. The normalized spacial score (nSPS) is 22.4. The van der Waals surface area contributed by atoms with Gasteiger partial charge >= 0.3 is 0 Å². The second-order valence-electron chi connectivity index (χ2n) is 7.70. The van der Waals surface area contributed by atoms with Crippen LogP contribution in [0, 0.1) is 5.92 Å². The van der Waals surface area contributed by atoms with Crippen molar-refractivity contribution in [3.05, 3.63) is 21.4 Å². The highest BCUT2D eigenvalue weighted by atomic mass is 32.1. The number of fused-ring (bicyclic) bond motifs is 2. The summed E-state index contributed by atoms with van der Waals surface area (Å²) in [5.74, 6) is 0.293. The Kier molecular flexibility index (Phi) is 5.24. The van der Waals surface area contributed by atoms with Crippen molar-refractivity contribution in [1.82, 2.24) is 10.2 Å². The van der Waals surface area contributed by atoms with Crippen molar-refractivity contribution in [2.45, 2.75) is 43.8 Å². The first-order valence-electron chi connectivity index (χ1n) is 9.65. The molecule has 1 saturated heterocycles. The number of aliphatic hydroxyl groups excluding tert-OH is 2. The predicted molar refractivity (Wildman–Crippen MR) is 99.6 cm³/mol. The number of hydrogen-bond acceptors (Lipinski definition) is 6. The number of hydrogen-bond donors (Lipinski definition) is 3. The number of piperidine rings is 1. The molecule has 0 aromatic carbocycles. The first kappa shape index (κ1) is 18.9. The first-order valence-corrected chi connectivity index (χ1v) is 10.5. The molecule has 2 fully saturated rings. The molecule has 0 radical (unpaired) electrons. The summed E-state index contributed by atoms with van der Waals surface area (Å²) >= 11 is 1.45. The fourth-order valence-electron chi connectivity index (χ4n) is 3.94. The summed E-state index contributed by atoms with van der Waals surface area (Å²) < 4.78 is 6.21. The lowest BCUT2D eigenvalue weighted by molar-refractivity contribution is -0.141. The molecule has 3 N–H and O–H groups in total. The van der Waals surface area contributed by atoms with Crippen LogP contribution in [0.15, 0.2) is 6.07 Å². The summed E-state index contributed by atoms with van der Waals surface area (Å²) in [4.78, 5) is 28.4. The van der Waals surface area contributed by atoms with Crippen molar-refractivity contribution in [3.63, 3.8) is 0 Å². The molecule has 3 aliphatic rings. The third-order valence-corrected chi connectivity index (χ3v) is 7.08. The highest BCUT2D eigenvalue weighted by Crippen LogP contribution is 2.46. The van der Waals surface area contributed by atoms with E-state index in [1.165, 1.54) is 11.3 Å². The number of carbonyl (C=O) groups excluding carboxylic acids is 2. The van der Waals surface area contributed by atoms with Crippen molar-refractivity contribution in [1.29, 1.82) is 0 Å². The summed E-state index contributed by atoms with van der Waals surface area (Å²) in [5.41, 5.74) is 0.767. The quantitative estimate of drug-likeness (QED) is 0.680. The van der Waals surface area contributed by atoms with Crippen molar-refractivity contribution in [2.75, 3.05) is 32.8 Å². The Hall–Kier alpha value is -1.48. The van der Waals surface area contributed by atoms with Crippen LogP contribution in [0.1, 0.15) is 45.8 Å². The van der Waals surface area contributed by atoms with Gasteiger partial charge in [0.2, 0.25) is 5.91 Å². The lowest BCUT2D eigenvalue weighted by Crippen LogP contribution is -2.48. The van der Waals surface area contributed by atoms with E-state index in [0.717, 1.165) is 42.5 Å². The topological polar surface area (TPSA) is 99.1 Å². The Balaban J connectivity index is 1.46. The van der Waals surface area contributed by atoms with Gasteiger partial charge in [0.05, 0.1) is 24.2 Å². The predicted octanol–water partition coefficient (Wildman–Crippen LogP) is 0.631. The largest absolute Gasteiger partial charge is 0.394 e. The number of ether oxygens (including phenoxy) is 1. The lowest BCUT2D eigenvalue weighted by atomic mass is 9.85. The van der Waals surface area contributed by atoms with Gasteiger partial charge in [0.15, 0.2) is 0 Å². The number of aliphatic hydroxyl groups is 2. The van der Waals surface area contributed by atoms with Gasteiger partial charge < -0.3 is 25.2 Å². The summed E-state index contributed by atoms with van der Waals surface area (Å²) in [5, 5.41) is 20.9. The fraction of sp³-hybridized carbons (Fsp3) is 0.684. The van der Waals surface area contributed by atoms with E-state index in [2.05, 4.69) is 5.32 Å². The Labute approximate surface area is 162 Å². The van der Waals surface area contributed by atoms with Crippen molar-refractivity contribution in [2.24, 2.45) is 5.92 Å². The molecule has 1 aromatic rings. The van der Waals surface area contributed by atoms with Gasteiger partial charge in [-0.3, -0.25) is 9.59 Å². The fourth-order valence-corrected chi connectivity index (χ4v) is 5.27. The maximum atomic E-state index is 12.4. The summed E-state index contributed by atoms with van der Waals surface area (Å²) in [7, 11) is 0. The van der Waals surface area contributed by atoms with Crippen LogP contribution in [0.2, 0.25) is 0 Å². The van der Waals surface area contributed by atoms with E-state index < -0.39 is 6.10 Å². The Bertz CT molecular complexity index is 722. The van der Waals surface area contributed by atoms with Crippen molar-refractivity contribution in [3.8, 4) is 0 Å². The highest BCUT2D eigenvalue weighted by Gasteiger charge is 2.45. The third kappa shape index (κ3) is 3.76. The van der Waals surface area contributed by atoms with Gasteiger partial charge in [0.1, 0.15) is 5.60 Å². The van der Waals surface area contributed by atoms with Crippen LogP contribution in [-0.4, -0.2) is 65.9 Å². The zero-order valence-corrected chi connectivity index (χ0v) is 16.1. The molecule has 27 heavy (non-hydrogen) atoms. The van der Waals surface area contributed by atoms with Gasteiger partial charge in [-0.25, -0.2) is 0 Å². The first-order chi connectivity index (χ1) is 13.0. The van der Waals surface area contributed by atoms with Gasteiger partial charge in [-0.2, -0.15) is 0 Å². The molecule has 2 amide bonds. The van der Waals surface area contributed by atoms with E-state index in [0.29, 0.717) is 24.6 Å². The number of nitrogens with one attached hydrogen (secondary N) is 1. The molecule has 1 aliphatic carbocycles. The Morgan fingerprint density at radius 1 is 1.37 bits per heavy atom. The minimum atomic E-state index is -0.952. The third-order valence-electron chi connectivity index (χ3n) is 5.71. The number of likely N-dealkylation sites (tertiary alicyclic amines) is 1. The SMILES string of the molecule is O=C(NC[C@@H](O)CO)c1cc2c(s1)C1(CCN(C(=O)C3CC3)CC1)OCC2. The second kappa shape index (κ2) is 7.50. The number of carbonyl (C=O) groups is 2. The molecule has 148 valence electrons. The average Bonchev–Trinajstić information content (AvgIpc) is 3.44. The van der Waals surface area contributed by atoms with Crippen molar-refractivity contribution < 1.29 is 24.5 Å². The molecular weight excluding hydrogens is 368 g/mol. The van der Waals surface area contributed by atoms with Gasteiger partial charge in [-0.1, -0.05) is 0 Å². The minimum Gasteiger partial charge on any atom is -0.394 e. The summed E-state index contributed by atoms with van der Waals surface area (Å²) in [6, 6.07) is 1.92. The van der Waals surface area contributed by atoms with E-state index in [4.69, 9.17) is 9.84 Å². The van der Waals surface area contributed by atoms with E-state index in [9.17, 15) is 14.7 Å². The van der Waals surface area contributed by atoms with Gasteiger partial charge in [0, 0.05) is 30.4 Å². The standard InChI is InChI=1S/C19H26N2O5S/c22-11-14(23)10-20-17(24)15-9-13-3-8-26-19(16(13)27-15)4-6-21(7-5-19)18(25)12-1-2-12/h9,12,14,22-23H,1-8,10-11H2,(H,20,24)/t14-/m1/s1. The van der Waals surface area contributed by atoms with E-state index in [1.807, 2.05) is 11.0 Å². The van der Waals surface area contributed by atoms with Crippen LogP contribution in [0.25, 0.3) is 0 Å². The molecule has 1 atom stereocenters. The Morgan fingerprint density at radius 3 is 2.78 bits per heavy atom. The zero-order valence-electron chi connectivity index (χ0n) is 15.3. The summed E-state index contributed by atoms with van der Waals surface area (Å²) in [6.07, 6.45) is 3.41. The Morgan fingerprint density at radius 2 is 2.11 bits per heavy atom. The number of rotatable bonds is 5. The highest BCUT2D eigenvalue weighted by molar-refractivity contribution is 7.14. The lowest BCUT2D eigenvalue weighted by Gasteiger charge is -2.43. The van der Waals surface area contributed by atoms with Crippen LogP contribution in [-0.2, 0) is 21.6 Å². The maximum absolute atomic E-state index is 12.4. The molecule has 0 bridgehead atoms. The molecule has 8 heteroatoms. The van der Waals surface area contributed by atoms with Crippen molar-refractivity contribution >= 4 is 23.2 Å². The smallest absolute Gasteiger partial charge is 0.261 e. The molecular formula is C19H26N2O5S. The zero-order chi connectivity index (χ0) is 19.0. The van der Waals surface area contributed by atoms with Crippen LogP contribution in [0.5, 0.6) is 0 Å². The molecule has 1 aromatic heterocycles. The van der Waals surface area contributed by atoms with Gasteiger partial charge in [-0.05, 0) is 43.7 Å². The van der Waals surface area contributed by atoms with Gasteiger partial charge in [0.25, 0.3) is 5.91 Å².